The first kappa shape index (κ1) is 21.7. The Morgan fingerprint density at radius 3 is 2.12 bits per heavy atom. The lowest BCUT2D eigenvalue weighted by atomic mass is 10.2. The quantitative estimate of drug-likeness (QED) is 0.710. The van der Waals surface area contributed by atoms with Gasteiger partial charge in [-0.25, -0.2) is 4.79 Å². The number of hydrogen-bond donors (Lipinski definition) is 1. The summed E-state index contributed by atoms with van der Waals surface area (Å²) < 4.78 is 10.3. The van der Waals surface area contributed by atoms with Gasteiger partial charge in [-0.15, -0.1) is 0 Å². The molecule has 0 aromatic heterocycles. The van der Waals surface area contributed by atoms with Crippen LogP contribution in [-0.2, 0) is 14.3 Å². The molecule has 0 atom stereocenters. The molecule has 1 aliphatic heterocycles. The summed E-state index contributed by atoms with van der Waals surface area (Å²) in [5.41, 5.74) is 5.09. The van der Waals surface area contributed by atoms with Crippen molar-refractivity contribution in [1.29, 1.82) is 0 Å². The number of carbonyl (C=O) groups is 2. The molecule has 1 aliphatic rings. The summed E-state index contributed by atoms with van der Waals surface area (Å²) in [6.07, 6.45) is 0.592. The molecule has 0 aromatic carbocycles. The van der Waals surface area contributed by atoms with Crippen LogP contribution in [0, 0.1) is 0 Å². The number of hydrogen-bond acceptors (Lipinski definition) is 7. The number of amides is 1. The van der Waals surface area contributed by atoms with Gasteiger partial charge in [0.2, 0.25) is 0 Å². The minimum absolute atomic E-state index is 0.226. The molecule has 1 rings (SSSR count). The molecule has 0 aromatic rings. The third-order valence-corrected chi connectivity index (χ3v) is 4.02. The average molecular weight is 358 g/mol. The normalized spacial score (nSPS) is 18.2. The van der Waals surface area contributed by atoms with E-state index in [0.717, 1.165) is 32.6 Å². The highest BCUT2D eigenvalue weighted by molar-refractivity contribution is 5.71. The number of esters is 1. The molecule has 0 spiro atoms. The largest absolute Gasteiger partial charge is 0.468 e. The van der Waals surface area contributed by atoms with E-state index >= 15 is 0 Å². The number of carbonyl (C=O) groups excluding carboxylic acids is 2. The predicted octanol–water partition coefficient (Wildman–Crippen LogP) is 0.363. The summed E-state index contributed by atoms with van der Waals surface area (Å²) in [5.74, 6) is -0.267. The predicted molar refractivity (Wildman–Crippen MR) is 96.4 cm³/mol. The molecule has 25 heavy (non-hydrogen) atoms. The van der Waals surface area contributed by atoms with Crippen LogP contribution in [0.15, 0.2) is 0 Å². The van der Waals surface area contributed by atoms with Crippen molar-refractivity contribution < 1.29 is 19.1 Å². The van der Waals surface area contributed by atoms with Gasteiger partial charge in [0.1, 0.15) is 5.60 Å². The fraction of sp³-hybridized carbons (Fsp3) is 0.882. The molecule has 2 N–H and O–H groups in total. The standard InChI is InChI=1S/C17H34N4O4/c1-17(2,3)25-16(23)21-12-10-19(7-5-6-18)8-9-20(11-13-21)14-15(22)24-4/h5-14,18H2,1-4H3. The minimum atomic E-state index is -0.527. The third kappa shape index (κ3) is 9.04. The second-order valence-electron chi connectivity index (χ2n) is 7.30. The average Bonchev–Trinajstić information content (AvgIpc) is 2.62. The van der Waals surface area contributed by atoms with Crippen molar-refractivity contribution in [2.75, 3.05) is 66.0 Å². The summed E-state index contributed by atoms with van der Waals surface area (Å²) in [6, 6.07) is 0. The van der Waals surface area contributed by atoms with E-state index in [1.54, 1.807) is 4.90 Å². The van der Waals surface area contributed by atoms with Gasteiger partial charge < -0.3 is 25.0 Å². The van der Waals surface area contributed by atoms with Gasteiger partial charge in [0.25, 0.3) is 0 Å². The molecule has 1 amide bonds. The van der Waals surface area contributed by atoms with E-state index in [2.05, 4.69) is 4.90 Å². The first-order chi connectivity index (χ1) is 11.7. The Bertz CT molecular complexity index is 425. The van der Waals surface area contributed by atoms with Crippen LogP contribution in [0.2, 0.25) is 0 Å². The Morgan fingerprint density at radius 1 is 1.00 bits per heavy atom. The van der Waals surface area contributed by atoms with Crippen molar-refractivity contribution in [3.05, 3.63) is 0 Å². The van der Waals surface area contributed by atoms with Gasteiger partial charge in [0.15, 0.2) is 0 Å². The van der Waals surface area contributed by atoms with Gasteiger partial charge in [-0.05, 0) is 40.3 Å². The lowest BCUT2D eigenvalue weighted by Crippen LogP contribution is -2.43. The maximum Gasteiger partial charge on any atom is 0.410 e. The molecule has 0 bridgehead atoms. The monoisotopic (exact) mass is 358 g/mol. The smallest absolute Gasteiger partial charge is 0.410 e. The maximum absolute atomic E-state index is 12.5. The molecule has 0 saturated carbocycles. The summed E-state index contributed by atoms with van der Waals surface area (Å²) in [7, 11) is 1.39. The molecular weight excluding hydrogens is 324 g/mol. The molecule has 1 fully saturated rings. The number of methoxy groups -OCH3 is 1. The number of nitrogens with zero attached hydrogens (tertiary/aromatic N) is 3. The second kappa shape index (κ2) is 10.6. The van der Waals surface area contributed by atoms with E-state index in [0.29, 0.717) is 26.2 Å². The molecular formula is C17H34N4O4. The van der Waals surface area contributed by atoms with Gasteiger partial charge in [-0.2, -0.15) is 0 Å². The molecule has 8 nitrogen and oxygen atoms in total. The van der Waals surface area contributed by atoms with E-state index in [4.69, 9.17) is 15.2 Å². The van der Waals surface area contributed by atoms with Crippen molar-refractivity contribution in [3.63, 3.8) is 0 Å². The highest BCUT2D eigenvalue weighted by Gasteiger charge is 2.25. The van der Waals surface area contributed by atoms with Crippen molar-refractivity contribution in [2.24, 2.45) is 5.73 Å². The van der Waals surface area contributed by atoms with Gasteiger partial charge in [-0.3, -0.25) is 9.69 Å². The first-order valence-corrected chi connectivity index (χ1v) is 8.94. The fourth-order valence-corrected chi connectivity index (χ4v) is 2.60. The lowest BCUT2D eigenvalue weighted by Gasteiger charge is -2.29. The second-order valence-corrected chi connectivity index (χ2v) is 7.30. The summed E-state index contributed by atoms with van der Waals surface area (Å²) in [6.45, 7) is 11.4. The lowest BCUT2D eigenvalue weighted by molar-refractivity contribution is -0.141. The Kier molecular flexibility index (Phi) is 9.16. The summed E-state index contributed by atoms with van der Waals surface area (Å²) >= 11 is 0. The topological polar surface area (TPSA) is 88.3 Å². The van der Waals surface area contributed by atoms with Gasteiger partial charge in [-0.1, -0.05) is 0 Å². The van der Waals surface area contributed by atoms with Crippen LogP contribution in [0.3, 0.4) is 0 Å². The molecule has 8 heteroatoms. The number of ether oxygens (including phenoxy) is 2. The number of rotatable bonds is 5. The van der Waals surface area contributed by atoms with Crippen LogP contribution < -0.4 is 5.73 Å². The SMILES string of the molecule is COC(=O)CN1CCN(CCCN)CCN(C(=O)OC(C)(C)C)CC1. The van der Waals surface area contributed by atoms with E-state index < -0.39 is 5.60 Å². The van der Waals surface area contributed by atoms with E-state index in [-0.39, 0.29) is 18.6 Å². The van der Waals surface area contributed by atoms with E-state index in [1.165, 1.54) is 7.11 Å². The Morgan fingerprint density at radius 2 is 1.56 bits per heavy atom. The third-order valence-electron chi connectivity index (χ3n) is 4.02. The van der Waals surface area contributed by atoms with Crippen LogP contribution >= 0.6 is 0 Å². The van der Waals surface area contributed by atoms with Crippen LogP contribution in [0.1, 0.15) is 27.2 Å². The Hall–Kier alpha value is -1.38. The summed E-state index contributed by atoms with van der Waals surface area (Å²) in [5, 5.41) is 0. The van der Waals surface area contributed by atoms with E-state index in [1.807, 2.05) is 25.7 Å². The zero-order valence-electron chi connectivity index (χ0n) is 16.1. The van der Waals surface area contributed by atoms with Crippen molar-refractivity contribution in [2.45, 2.75) is 32.8 Å². The van der Waals surface area contributed by atoms with Crippen LogP contribution in [0.25, 0.3) is 0 Å². The number of nitrogens with two attached hydrogens (primary N) is 1. The zero-order chi connectivity index (χ0) is 18.9. The van der Waals surface area contributed by atoms with Crippen LogP contribution in [-0.4, -0.2) is 98.4 Å². The van der Waals surface area contributed by atoms with Crippen LogP contribution in [0.4, 0.5) is 4.79 Å². The highest BCUT2D eigenvalue weighted by Crippen LogP contribution is 2.11. The highest BCUT2D eigenvalue weighted by atomic mass is 16.6. The first-order valence-electron chi connectivity index (χ1n) is 8.94. The van der Waals surface area contributed by atoms with Gasteiger partial charge >= 0.3 is 12.1 Å². The molecule has 1 heterocycles. The molecule has 0 radical (unpaired) electrons. The zero-order valence-corrected chi connectivity index (χ0v) is 16.1. The molecule has 146 valence electrons. The Balaban J connectivity index is 2.76. The minimum Gasteiger partial charge on any atom is -0.468 e. The summed E-state index contributed by atoms with van der Waals surface area (Å²) in [4.78, 5) is 30.1. The van der Waals surface area contributed by atoms with Crippen molar-refractivity contribution in [1.82, 2.24) is 14.7 Å². The van der Waals surface area contributed by atoms with Crippen molar-refractivity contribution in [3.8, 4) is 0 Å². The maximum atomic E-state index is 12.5. The molecule has 0 aliphatic carbocycles. The molecule has 0 unspecified atom stereocenters. The fourth-order valence-electron chi connectivity index (χ4n) is 2.60. The van der Waals surface area contributed by atoms with Gasteiger partial charge in [0, 0.05) is 39.3 Å². The van der Waals surface area contributed by atoms with Crippen LogP contribution in [0.5, 0.6) is 0 Å². The van der Waals surface area contributed by atoms with Crippen molar-refractivity contribution >= 4 is 12.1 Å². The van der Waals surface area contributed by atoms with E-state index in [9.17, 15) is 9.59 Å². The molecule has 1 saturated heterocycles. The van der Waals surface area contributed by atoms with Gasteiger partial charge in [0.05, 0.1) is 13.7 Å². The Labute approximate surface area is 151 Å².